The first-order valence-corrected chi connectivity index (χ1v) is 9.38. The van der Waals surface area contributed by atoms with Crippen LogP contribution in [-0.4, -0.2) is 43.7 Å². The summed E-state index contributed by atoms with van der Waals surface area (Å²) in [5, 5.41) is 20.3. The molecule has 1 fully saturated rings. The summed E-state index contributed by atoms with van der Waals surface area (Å²) >= 11 is 0. The summed E-state index contributed by atoms with van der Waals surface area (Å²) in [4.78, 5) is 26.8. The molecule has 1 aliphatic rings. The van der Waals surface area contributed by atoms with Gasteiger partial charge in [-0.15, -0.1) is 0 Å². The summed E-state index contributed by atoms with van der Waals surface area (Å²) in [5.74, 6) is -1.26. The van der Waals surface area contributed by atoms with E-state index in [1.807, 2.05) is 0 Å². The molecular weight excluding hydrogens is 398 g/mol. The minimum Gasteiger partial charge on any atom is -0.465 e. The van der Waals surface area contributed by atoms with E-state index in [9.17, 15) is 23.7 Å². The van der Waals surface area contributed by atoms with E-state index in [1.54, 1.807) is 6.20 Å². The lowest BCUT2D eigenvalue weighted by Crippen LogP contribution is -2.36. The number of hydrogen-bond acceptors (Lipinski definition) is 4. The van der Waals surface area contributed by atoms with Crippen molar-refractivity contribution in [3.8, 4) is 0 Å². The van der Waals surface area contributed by atoms with Gasteiger partial charge in [-0.3, -0.25) is 15.1 Å². The van der Waals surface area contributed by atoms with Crippen molar-refractivity contribution in [2.75, 3.05) is 13.1 Å². The number of benzene rings is 1. The van der Waals surface area contributed by atoms with Gasteiger partial charge in [-0.05, 0) is 36.5 Å². The molecule has 0 atom stereocenters. The Bertz CT molecular complexity index is 1140. The number of nitro groups is 1. The van der Waals surface area contributed by atoms with Crippen molar-refractivity contribution in [3.05, 3.63) is 69.7 Å². The molecule has 0 spiro atoms. The quantitative estimate of drug-likeness (QED) is 0.509. The van der Waals surface area contributed by atoms with Crippen LogP contribution in [0.4, 0.5) is 19.3 Å². The molecule has 3 aromatic rings. The maximum absolute atomic E-state index is 14.7. The third-order valence-electron chi connectivity index (χ3n) is 5.51. The predicted molar refractivity (Wildman–Crippen MR) is 103 cm³/mol. The highest BCUT2D eigenvalue weighted by molar-refractivity contribution is 5.83. The van der Waals surface area contributed by atoms with Gasteiger partial charge in [0.25, 0.3) is 5.69 Å². The van der Waals surface area contributed by atoms with Crippen molar-refractivity contribution in [3.63, 3.8) is 0 Å². The molecule has 1 aliphatic heterocycles. The second kappa shape index (κ2) is 7.69. The van der Waals surface area contributed by atoms with E-state index in [0.717, 1.165) is 6.07 Å². The van der Waals surface area contributed by atoms with Crippen LogP contribution in [0.15, 0.2) is 36.7 Å². The number of non-ortho nitro benzene ring substituents is 1. The molecule has 0 saturated carbocycles. The summed E-state index contributed by atoms with van der Waals surface area (Å²) in [5.41, 5.74) is 0.629. The topological polar surface area (TPSA) is 102 Å². The Morgan fingerprint density at radius 3 is 2.60 bits per heavy atom. The molecule has 1 N–H and O–H groups in total. The van der Waals surface area contributed by atoms with Crippen molar-refractivity contribution in [1.29, 1.82) is 0 Å². The van der Waals surface area contributed by atoms with E-state index < -0.39 is 22.7 Å². The number of carbonyl (C=O) groups is 1. The molecule has 0 unspecified atom stereocenters. The zero-order chi connectivity index (χ0) is 21.4. The van der Waals surface area contributed by atoms with Gasteiger partial charge in [-0.1, -0.05) is 0 Å². The van der Waals surface area contributed by atoms with Crippen molar-refractivity contribution in [2.24, 2.45) is 0 Å². The number of nitro benzene ring substituents is 1. The van der Waals surface area contributed by atoms with Crippen molar-refractivity contribution in [1.82, 2.24) is 14.5 Å². The number of nitrogens with zero attached hydrogens (tertiary/aromatic N) is 4. The normalized spacial score (nSPS) is 14.9. The molecule has 0 bridgehead atoms. The SMILES string of the molecule is O=C(O)N1CCC(c2cnc(Cn3ccc4cc([N+](=O)[O-])cc(F)c43)c(F)c2)CC1. The Morgan fingerprint density at radius 2 is 1.97 bits per heavy atom. The van der Waals surface area contributed by atoms with Gasteiger partial charge < -0.3 is 14.6 Å². The molecule has 8 nitrogen and oxygen atoms in total. The summed E-state index contributed by atoms with van der Waals surface area (Å²) in [6, 6.07) is 5.05. The number of hydrogen-bond donors (Lipinski definition) is 1. The molecule has 0 aliphatic carbocycles. The molecule has 2 aromatic heterocycles. The van der Waals surface area contributed by atoms with Crippen LogP contribution in [0.3, 0.4) is 0 Å². The van der Waals surface area contributed by atoms with Gasteiger partial charge in [0.15, 0.2) is 5.82 Å². The number of likely N-dealkylation sites (tertiary alicyclic amines) is 1. The maximum Gasteiger partial charge on any atom is 0.407 e. The van der Waals surface area contributed by atoms with E-state index in [2.05, 4.69) is 4.98 Å². The number of piperidine rings is 1. The number of pyridine rings is 1. The Balaban J connectivity index is 1.55. The first-order chi connectivity index (χ1) is 14.3. The van der Waals surface area contributed by atoms with E-state index in [1.165, 1.54) is 33.9 Å². The summed E-state index contributed by atoms with van der Waals surface area (Å²) < 4.78 is 30.6. The standard InChI is InChI=1S/C20H18F2N4O4/c21-16-8-14(12-1-4-24(5-2-12)20(27)28)10-23-18(16)11-25-6-3-13-7-15(26(29)30)9-17(22)19(13)25/h3,6-10,12H,1-2,4-5,11H2,(H,27,28). The molecule has 10 heteroatoms. The number of amides is 1. The van der Waals surface area contributed by atoms with Crippen LogP contribution >= 0.6 is 0 Å². The number of halogens is 2. The van der Waals surface area contributed by atoms with E-state index in [4.69, 9.17) is 5.11 Å². The molecule has 0 radical (unpaired) electrons. The minimum absolute atomic E-state index is 0.0260. The lowest BCUT2D eigenvalue weighted by Gasteiger charge is -2.30. The fourth-order valence-electron chi connectivity index (χ4n) is 3.90. The molecule has 156 valence electrons. The summed E-state index contributed by atoms with van der Waals surface area (Å²) in [6.45, 7) is 0.760. The molecule has 30 heavy (non-hydrogen) atoms. The fourth-order valence-corrected chi connectivity index (χ4v) is 3.90. The van der Waals surface area contributed by atoms with Gasteiger partial charge in [0.1, 0.15) is 5.82 Å². The van der Waals surface area contributed by atoms with Crippen LogP contribution in [0.1, 0.15) is 30.0 Å². The van der Waals surface area contributed by atoms with Gasteiger partial charge >= 0.3 is 6.09 Å². The molecule has 1 saturated heterocycles. The average molecular weight is 416 g/mol. The van der Waals surface area contributed by atoms with Gasteiger partial charge in [0.05, 0.1) is 28.7 Å². The molecule has 1 amide bonds. The molecule has 4 rings (SSSR count). The van der Waals surface area contributed by atoms with Gasteiger partial charge in [-0.25, -0.2) is 13.6 Å². The van der Waals surface area contributed by atoms with E-state index >= 15 is 0 Å². The number of carboxylic acid groups (broad SMARTS) is 1. The van der Waals surface area contributed by atoms with Gasteiger partial charge in [0, 0.05) is 36.9 Å². The lowest BCUT2D eigenvalue weighted by atomic mass is 9.90. The van der Waals surface area contributed by atoms with E-state index in [-0.39, 0.29) is 29.4 Å². The number of rotatable bonds is 4. The number of aromatic nitrogens is 2. The Morgan fingerprint density at radius 1 is 1.23 bits per heavy atom. The molecule has 1 aromatic carbocycles. The second-order valence-corrected chi connectivity index (χ2v) is 7.31. The zero-order valence-electron chi connectivity index (χ0n) is 15.8. The third kappa shape index (κ3) is 3.68. The van der Waals surface area contributed by atoms with Crippen LogP contribution in [0.25, 0.3) is 10.9 Å². The third-order valence-corrected chi connectivity index (χ3v) is 5.51. The maximum atomic E-state index is 14.7. The van der Waals surface area contributed by atoms with Crippen molar-refractivity contribution in [2.45, 2.75) is 25.3 Å². The zero-order valence-corrected chi connectivity index (χ0v) is 15.8. The lowest BCUT2D eigenvalue weighted by molar-refractivity contribution is -0.384. The summed E-state index contributed by atoms with van der Waals surface area (Å²) in [7, 11) is 0. The van der Waals surface area contributed by atoms with Crippen LogP contribution in [0.5, 0.6) is 0 Å². The second-order valence-electron chi connectivity index (χ2n) is 7.31. The Hall–Kier alpha value is -3.56. The summed E-state index contributed by atoms with van der Waals surface area (Å²) in [6.07, 6.45) is 3.35. The first-order valence-electron chi connectivity index (χ1n) is 9.38. The number of fused-ring (bicyclic) bond motifs is 1. The van der Waals surface area contributed by atoms with Gasteiger partial charge in [0.2, 0.25) is 0 Å². The van der Waals surface area contributed by atoms with E-state index in [0.29, 0.717) is 36.9 Å². The molecular formula is C20H18F2N4O4. The minimum atomic E-state index is -0.954. The van der Waals surface area contributed by atoms with Gasteiger partial charge in [-0.2, -0.15) is 0 Å². The van der Waals surface area contributed by atoms with Crippen LogP contribution in [0.2, 0.25) is 0 Å². The molecule has 3 heterocycles. The van der Waals surface area contributed by atoms with Crippen molar-refractivity contribution < 1.29 is 23.6 Å². The average Bonchev–Trinajstić information content (AvgIpc) is 3.13. The van der Waals surface area contributed by atoms with Crippen LogP contribution in [-0.2, 0) is 6.54 Å². The Kier molecular flexibility index (Phi) is 5.06. The largest absolute Gasteiger partial charge is 0.465 e. The monoisotopic (exact) mass is 416 g/mol. The first kappa shape index (κ1) is 19.7. The fraction of sp³-hybridized carbons (Fsp3) is 0.300. The highest BCUT2D eigenvalue weighted by Crippen LogP contribution is 2.29. The highest BCUT2D eigenvalue weighted by atomic mass is 19.1. The highest BCUT2D eigenvalue weighted by Gasteiger charge is 2.24. The van der Waals surface area contributed by atoms with Crippen molar-refractivity contribution >= 4 is 22.7 Å². The van der Waals surface area contributed by atoms with Crippen LogP contribution in [0, 0.1) is 21.7 Å². The predicted octanol–water partition coefficient (Wildman–Crippen LogP) is 4.13. The van der Waals surface area contributed by atoms with Crippen LogP contribution < -0.4 is 0 Å². The Labute approximate surface area is 169 Å². The smallest absolute Gasteiger partial charge is 0.407 e.